The molecular weight excluding hydrogens is 463 g/mol. The average Bonchev–Trinajstić information content (AvgIpc) is 2.86. The lowest BCUT2D eigenvalue weighted by molar-refractivity contribution is -0.138. The number of hydrogen-bond acceptors (Lipinski definition) is 5. The molecule has 0 amide bonds. The van der Waals surface area contributed by atoms with E-state index in [1.165, 1.54) is 18.0 Å². The van der Waals surface area contributed by atoms with Crippen LogP contribution in [-0.2, 0) is 19.3 Å². The molecule has 0 N–H and O–H groups in total. The number of nitrogens with zero attached hydrogens (tertiary/aromatic N) is 5. The molecule has 5 nitrogen and oxygen atoms in total. The summed E-state index contributed by atoms with van der Waals surface area (Å²) in [6.07, 6.45) is 0.714. The Kier molecular flexibility index (Phi) is 6.74. The smallest absolute Gasteiger partial charge is 0.364 e. The fourth-order valence-corrected chi connectivity index (χ4v) is 5.40. The molecule has 0 radical (unpaired) electrons. The van der Waals surface area contributed by atoms with E-state index in [2.05, 4.69) is 50.8 Å². The largest absolute Gasteiger partial charge is 0.416 e. The first kappa shape index (κ1) is 24.7. The van der Waals surface area contributed by atoms with Crippen LogP contribution in [0.3, 0.4) is 0 Å². The van der Waals surface area contributed by atoms with Gasteiger partial charge in [0.05, 0.1) is 23.6 Å². The quantitative estimate of drug-likeness (QED) is 0.488. The molecule has 0 saturated carbocycles. The summed E-state index contributed by atoms with van der Waals surface area (Å²) in [6.45, 7) is 9.40. The molecule has 1 saturated heterocycles. The SMILES string of the molecule is Cc1c(CN2CCN(C)CC2)cc(-c2ccc3c(c2)CN(c2cncnc2)CC3C)cc1C(F)(F)F. The van der Waals surface area contributed by atoms with Gasteiger partial charge in [0, 0.05) is 45.8 Å². The van der Waals surface area contributed by atoms with Gasteiger partial charge in [-0.3, -0.25) is 4.90 Å². The molecule has 0 spiro atoms. The Morgan fingerprint density at radius 1 is 0.972 bits per heavy atom. The summed E-state index contributed by atoms with van der Waals surface area (Å²) in [6, 6.07) is 9.40. The van der Waals surface area contributed by atoms with Crippen molar-refractivity contribution in [1.29, 1.82) is 0 Å². The van der Waals surface area contributed by atoms with Crippen LogP contribution in [0.4, 0.5) is 18.9 Å². The number of halogens is 3. The lowest BCUT2D eigenvalue weighted by Crippen LogP contribution is -2.44. The zero-order chi connectivity index (χ0) is 25.4. The number of fused-ring (bicyclic) bond motifs is 1. The predicted molar refractivity (Wildman–Crippen MR) is 136 cm³/mol. The summed E-state index contributed by atoms with van der Waals surface area (Å²) < 4.78 is 42.2. The lowest BCUT2D eigenvalue weighted by atomic mass is 9.87. The molecule has 36 heavy (non-hydrogen) atoms. The Bertz CT molecular complexity index is 1220. The Morgan fingerprint density at radius 3 is 2.39 bits per heavy atom. The summed E-state index contributed by atoms with van der Waals surface area (Å²) in [5.74, 6) is 0.291. The molecule has 1 unspecified atom stereocenters. The normalized spacial score (nSPS) is 19.4. The number of likely N-dealkylation sites (N-methyl/N-ethyl adjacent to an activating group) is 1. The van der Waals surface area contributed by atoms with Crippen LogP contribution < -0.4 is 4.90 Å². The number of alkyl halides is 3. The minimum Gasteiger partial charge on any atom is -0.364 e. The minimum atomic E-state index is -4.40. The van der Waals surface area contributed by atoms with E-state index in [9.17, 15) is 13.2 Å². The molecule has 2 aliphatic heterocycles. The van der Waals surface area contributed by atoms with E-state index in [4.69, 9.17) is 0 Å². The van der Waals surface area contributed by atoms with E-state index in [1.54, 1.807) is 19.3 Å². The molecule has 3 aromatic rings. The molecule has 1 fully saturated rings. The van der Waals surface area contributed by atoms with Crippen LogP contribution in [-0.4, -0.2) is 59.5 Å². The highest BCUT2D eigenvalue weighted by Gasteiger charge is 2.34. The van der Waals surface area contributed by atoms with Gasteiger partial charge in [0.2, 0.25) is 0 Å². The lowest BCUT2D eigenvalue weighted by Gasteiger charge is -2.34. The van der Waals surface area contributed by atoms with Crippen molar-refractivity contribution in [3.8, 4) is 11.1 Å². The molecule has 1 aromatic heterocycles. The van der Waals surface area contributed by atoms with Crippen molar-refractivity contribution in [2.75, 3.05) is 44.7 Å². The number of aromatic nitrogens is 2. The summed E-state index contributed by atoms with van der Waals surface area (Å²) in [5, 5.41) is 0. The molecule has 3 heterocycles. The Hall–Kier alpha value is -2.97. The van der Waals surface area contributed by atoms with Gasteiger partial charge in [-0.15, -0.1) is 0 Å². The van der Waals surface area contributed by atoms with Gasteiger partial charge in [-0.25, -0.2) is 9.97 Å². The third kappa shape index (κ3) is 5.11. The number of anilines is 1. The number of benzene rings is 2. The third-order valence-corrected chi connectivity index (χ3v) is 7.59. The molecule has 8 heteroatoms. The second kappa shape index (κ2) is 9.82. The van der Waals surface area contributed by atoms with E-state index < -0.39 is 11.7 Å². The van der Waals surface area contributed by atoms with Crippen molar-refractivity contribution in [1.82, 2.24) is 19.8 Å². The molecule has 190 valence electrons. The van der Waals surface area contributed by atoms with E-state index in [-0.39, 0.29) is 0 Å². The van der Waals surface area contributed by atoms with Crippen molar-refractivity contribution >= 4 is 5.69 Å². The maximum atomic E-state index is 14.1. The zero-order valence-corrected chi connectivity index (χ0v) is 21.0. The van der Waals surface area contributed by atoms with Gasteiger partial charge in [0.25, 0.3) is 0 Å². The van der Waals surface area contributed by atoms with Gasteiger partial charge >= 0.3 is 6.18 Å². The van der Waals surface area contributed by atoms with E-state index in [1.807, 2.05) is 12.1 Å². The highest BCUT2D eigenvalue weighted by molar-refractivity contribution is 5.69. The highest BCUT2D eigenvalue weighted by Crippen LogP contribution is 2.39. The molecule has 0 aliphatic carbocycles. The summed E-state index contributed by atoms with van der Waals surface area (Å²) >= 11 is 0. The van der Waals surface area contributed by atoms with Crippen molar-refractivity contribution < 1.29 is 13.2 Å². The minimum absolute atomic E-state index is 0.291. The van der Waals surface area contributed by atoms with Crippen LogP contribution in [0.1, 0.15) is 40.7 Å². The van der Waals surface area contributed by atoms with Crippen LogP contribution in [0.5, 0.6) is 0 Å². The fourth-order valence-electron chi connectivity index (χ4n) is 5.40. The number of piperazine rings is 1. The molecule has 2 aliphatic rings. The van der Waals surface area contributed by atoms with Crippen molar-refractivity contribution in [3.63, 3.8) is 0 Å². The van der Waals surface area contributed by atoms with Crippen LogP contribution in [0.15, 0.2) is 49.1 Å². The van der Waals surface area contributed by atoms with Crippen molar-refractivity contribution in [2.45, 2.75) is 39.0 Å². The Morgan fingerprint density at radius 2 is 1.69 bits per heavy atom. The summed E-state index contributed by atoms with van der Waals surface area (Å²) in [4.78, 5) is 15.0. The van der Waals surface area contributed by atoms with Gasteiger partial charge < -0.3 is 9.80 Å². The van der Waals surface area contributed by atoms with Crippen LogP contribution in [0.2, 0.25) is 0 Å². The first-order chi connectivity index (χ1) is 17.2. The first-order valence-electron chi connectivity index (χ1n) is 12.4. The maximum absolute atomic E-state index is 14.1. The van der Waals surface area contributed by atoms with Gasteiger partial charge in [0.1, 0.15) is 6.33 Å². The van der Waals surface area contributed by atoms with Crippen LogP contribution in [0.25, 0.3) is 11.1 Å². The highest BCUT2D eigenvalue weighted by atomic mass is 19.4. The molecular formula is C28H32F3N5. The predicted octanol–water partition coefficient (Wildman–Crippen LogP) is 5.34. The second-order valence-corrected chi connectivity index (χ2v) is 10.2. The van der Waals surface area contributed by atoms with Gasteiger partial charge in [-0.1, -0.05) is 19.1 Å². The topological polar surface area (TPSA) is 35.5 Å². The van der Waals surface area contributed by atoms with Crippen molar-refractivity contribution in [3.05, 3.63) is 76.9 Å². The van der Waals surface area contributed by atoms with Gasteiger partial charge in [-0.2, -0.15) is 13.2 Å². The van der Waals surface area contributed by atoms with Gasteiger partial charge in [-0.05, 0) is 71.5 Å². The van der Waals surface area contributed by atoms with Crippen LogP contribution >= 0.6 is 0 Å². The van der Waals surface area contributed by atoms with Crippen LogP contribution in [0, 0.1) is 6.92 Å². The third-order valence-electron chi connectivity index (χ3n) is 7.59. The van der Waals surface area contributed by atoms with E-state index in [0.29, 0.717) is 30.1 Å². The van der Waals surface area contributed by atoms with Crippen molar-refractivity contribution in [2.24, 2.45) is 0 Å². The summed E-state index contributed by atoms with van der Waals surface area (Å²) in [7, 11) is 2.08. The molecule has 5 rings (SSSR count). The maximum Gasteiger partial charge on any atom is 0.416 e. The molecule has 1 atom stereocenters. The standard InChI is InChI=1S/C28H32F3N5/c1-19-15-36(25-13-32-18-33-14-25)17-24-10-21(4-5-26(19)24)22-11-23(16-35-8-6-34(3)7-9-35)20(2)27(12-22)28(29,30)31/h4-5,10-14,18-19H,6-9,15-17H2,1-3H3. The van der Waals surface area contributed by atoms with E-state index >= 15 is 0 Å². The monoisotopic (exact) mass is 495 g/mol. The average molecular weight is 496 g/mol. The fraction of sp³-hybridized carbons (Fsp3) is 0.429. The first-order valence-corrected chi connectivity index (χ1v) is 12.4. The second-order valence-electron chi connectivity index (χ2n) is 10.2. The Labute approximate surface area is 210 Å². The summed E-state index contributed by atoms with van der Waals surface area (Å²) in [5.41, 5.74) is 5.29. The van der Waals surface area contributed by atoms with Gasteiger partial charge in [0.15, 0.2) is 0 Å². The van der Waals surface area contributed by atoms with E-state index in [0.717, 1.165) is 55.1 Å². The Balaban J connectivity index is 1.51. The number of rotatable bonds is 4. The molecule has 0 bridgehead atoms. The number of hydrogen-bond donors (Lipinski definition) is 0. The molecule has 2 aromatic carbocycles. The zero-order valence-electron chi connectivity index (χ0n) is 21.0.